The third-order valence-electron chi connectivity index (χ3n) is 2.99. The number of carboxylic acid groups (broad SMARTS) is 1. The summed E-state index contributed by atoms with van der Waals surface area (Å²) in [4.78, 5) is 21.1. The molecule has 2 aromatic carbocycles. The van der Waals surface area contributed by atoms with Crippen molar-refractivity contribution in [1.82, 2.24) is 0 Å². The number of hydrogen-bond acceptors (Lipinski definition) is 6. The van der Waals surface area contributed by atoms with Gasteiger partial charge in [-0.2, -0.15) is 5.10 Å². The van der Waals surface area contributed by atoms with Crippen LogP contribution in [0.1, 0.15) is 22.8 Å². The van der Waals surface area contributed by atoms with Crippen LogP contribution in [0.3, 0.4) is 0 Å². The summed E-state index contributed by atoms with van der Waals surface area (Å²) >= 11 is 0. The maximum atomic E-state index is 11.0. The molecule has 22 heavy (non-hydrogen) atoms. The van der Waals surface area contributed by atoms with Crippen molar-refractivity contribution >= 4 is 23.1 Å². The van der Waals surface area contributed by atoms with Crippen LogP contribution in [-0.4, -0.2) is 16.6 Å². The minimum Gasteiger partial charge on any atom is -0.545 e. The van der Waals surface area contributed by atoms with E-state index in [1.54, 1.807) is 37.3 Å². The van der Waals surface area contributed by atoms with Crippen LogP contribution >= 0.6 is 0 Å². The van der Waals surface area contributed by atoms with Gasteiger partial charge in [-0.15, -0.1) is 0 Å². The zero-order chi connectivity index (χ0) is 16.1. The summed E-state index contributed by atoms with van der Waals surface area (Å²) in [5.74, 6) is -1.30. The number of nitro benzene ring substituents is 1. The molecule has 0 aromatic heterocycles. The highest BCUT2D eigenvalue weighted by molar-refractivity contribution is 5.99. The summed E-state index contributed by atoms with van der Waals surface area (Å²) in [5.41, 5.74) is 4.21. The Kier molecular flexibility index (Phi) is 4.47. The lowest BCUT2D eigenvalue weighted by Crippen LogP contribution is -2.23. The van der Waals surface area contributed by atoms with Gasteiger partial charge in [0.2, 0.25) is 0 Å². The molecular formula is C15H12N3O4-. The number of non-ortho nitro benzene ring substituents is 1. The standard InChI is InChI=1S/C15H13N3O4/c1-10(11-6-8-12(9-7-11)18(21)22)16-17-14-5-3-2-4-13(14)15(19)20/h2-9,17H,1H3,(H,19,20)/p-1/b16-10-. The molecule has 7 nitrogen and oxygen atoms in total. The van der Waals surface area contributed by atoms with E-state index < -0.39 is 10.9 Å². The largest absolute Gasteiger partial charge is 0.545 e. The topological polar surface area (TPSA) is 108 Å². The van der Waals surface area contributed by atoms with Crippen LogP contribution in [-0.2, 0) is 0 Å². The Hall–Kier alpha value is -3.22. The first-order chi connectivity index (χ1) is 10.5. The van der Waals surface area contributed by atoms with Gasteiger partial charge in [0.1, 0.15) is 0 Å². The van der Waals surface area contributed by atoms with E-state index in [1.165, 1.54) is 18.2 Å². The van der Waals surface area contributed by atoms with E-state index in [0.717, 1.165) is 0 Å². The van der Waals surface area contributed by atoms with Crippen molar-refractivity contribution in [1.29, 1.82) is 0 Å². The minimum absolute atomic E-state index is 0.00255. The zero-order valence-electron chi connectivity index (χ0n) is 11.6. The van der Waals surface area contributed by atoms with Gasteiger partial charge in [0.05, 0.1) is 22.3 Å². The lowest BCUT2D eigenvalue weighted by Gasteiger charge is -2.10. The van der Waals surface area contributed by atoms with Gasteiger partial charge in [0.25, 0.3) is 5.69 Å². The Morgan fingerprint density at radius 2 is 1.77 bits per heavy atom. The number of anilines is 1. The highest BCUT2D eigenvalue weighted by Crippen LogP contribution is 2.15. The molecule has 7 heteroatoms. The fourth-order valence-corrected chi connectivity index (χ4v) is 1.79. The van der Waals surface area contributed by atoms with Crippen molar-refractivity contribution in [2.75, 3.05) is 5.43 Å². The normalized spacial score (nSPS) is 11.0. The Morgan fingerprint density at radius 3 is 2.36 bits per heavy atom. The van der Waals surface area contributed by atoms with Gasteiger partial charge in [-0.25, -0.2) is 0 Å². The van der Waals surface area contributed by atoms with Gasteiger partial charge in [0.15, 0.2) is 0 Å². The minimum atomic E-state index is -1.30. The van der Waals surface area contributed by atoms with Gasteiger partial charge in [-0.05, 0) is 30.7 Å². The van der Waals surface area contributed by atoms with E-state index in [4.69, 9.17) is 0 Å². The van der Waals surface area contributed by atoms with Gasteiger partial charge < -0.3 is 9.90 Å². The zero-order valence-corrected chi connectivity index (χ0v) is 11.6. The number of nitrogens with one attached hydrogen (secondary N) is 1. The van der Waals surface area contributed by atoms with Gasteiger partial charge in [0, 0.05) is 17.7 Å². The molecule has 0 atom stereocenters. The van der Waals surface area contributed by atoms with Crippen LogP contribution in [0, 0.1) is 10.1 Å². The molecule has 2 rings (SSSR count). The van der Waals surface area contributed by atoms with Crippen molar-refractivity contribution in [2.24, 2.45) is 5.10 Å². The summed E-state index contributed by atoms with van der Waals surface area (Å²) in [6.07, 6.45) is 0. The Bertz CT molecular complexity index is 739. The van der Waals surface area contributed by atoms with Crippen LogP contribution in [0.5, 0.6) is 0 Å². The third kappa shape index (κ3) is 3.45. The maximum Gasteiger partial charge on any atom is 0.269 e. The molecule has 0 heterocycles. The number of para-hydroxylation sites is 1. The highest BCUT2D eigenvalue weighted by atomic mass is 16.6. The van der Waals surface area contributed by atoms with Crippen LogP contribution in [0.15, 0.2) is 53.6 Å². The number of rotatable bonds is 5. The molecule has 0 spiro atoms. The van der Waals surface area contributed by atoms with Crippen LogP contribution in [0.4, 0.5) is 11.4 Å². The summed E-state index contributed by atoms with van der Waals surface area (Å²) in [5, 5.41) is 25.7. The molecule has 0 unspecified atom stereocenters. The number of nitro groups is 1. The second kappa shape index (κ2) is 6.49. The van der Waals surface area contributed by atoms with E-state index >= 15 is 0 Å². The SMILES string of the molecule is C/C(=N/Nc1ccccc1C(=O)[O-])c1ccc([N+](=O)[O-])cc1. The number of aromatic carboxylic acids is 1. The lowest BCUT2D eigenvalue weighted by molar-refractivity contribution is -0.384. The van der Waals surface area contributed by atoms with E-state index in [2.05, 4.69) is 10.5 Å². The van der Waals surface area contributed by atoms with Gasteiger partial charge >= 0.3 is 0 Å². The van der Waals surface area contributed by atoms with E-state index in [-0.39, 0.29) is 11.3 Å². The quantitative estimate of drug-likeness (QED) is 0.514. The summed E-state index contributed by atoms with van der Waals surface area (Å²) in [6.45, 7) is 1.70. The summed E-state index contributed by atoms with van der Waals surface area (Å²) in [6, 6.07) is 12.1. The van der Waals surface area contributed by atoms with Gasteiger partial charge in [-0.1, -0.05) is 18.2 Å². The molecule has 0 amide bonds. The highest BCUT2D eigenvalue weighted by Gasteiger charge is 2.06. The average Bonchev–Trinajstić information content (AvgIpc) is 2.52. The molecule has 0 saturated heterocycles. The number of nitrogens with zero attached hydrogens (tertiary/aromatic N) is 2. The van der Waals surface area contributed by atoms with Crippen LogP contribution in [0.2, 0.25) is 0 Å². The number of hydrogen-bond donors (Lipinski definition) is 1. The Labute approximate surface area is 126 Å². The second-order valence-corrected chi connectivity index (χ2v) is 4.45. The van der Waals surface area contributed by atoms with Crippen molar-refractivity contribution in [3.8, 4) is 0 Å². The molecule has 0 fully saturated rings. The molecule has 0 saturated carbocycles. The van der Waals surface area contributed by atoms with Crippen molar-refractivity contribution in [2.45, 2.75) is 6.92 Å². The van der Waals surface area contributed by atoms with Crippen LogP contribution in [0.25, 0.3) is 0 Å². The number of hydrazone groups is 1. The molecule has 0 aliphatic heterocycles. The molecule has 112 valence electrons. The maximum absolute atomic E-state index is 11.0. The number of carboxylic acids is 1. The summed E-state index contributed by atoms with van der Waals surface area (Å²) < 4.78 is 0. The monoisotopic (exact) mass is 298 g/mol. The smallest absolute Gasteiger partial charge is 0.269 e. The third-order valence-corrected chi connectivity index (χ3v) is 2.99. The molecule has 0 aliphatic rings. The predicted molar refractivity (Wildman–Crippen MR) is 79.7 cm³/mol. The van der Waals surface area contributed by atoms with E-state index in [9.17, 15) is 20.0 Å². The molecule has 2 aromatic rings. The first-order valence-corrected chi connectivity index (χ1v) is 6.34. The average molecular weight is 298 g/mol. The number of carbonyl (C=O) groups excluding carboxylic acids is 1. The molecule has 0 radical (unpaired) electrons. The Balaban J connectivity index is 2.19. The molecular weight excluding hydrogens is 286 g/mol. The van der Waals surface area contributed by atoms with Crippen molar-refractivity contribution < 1.29 is 14.8 Å². The first kappa shape index (κ1) is 15.2. The van der Waals surface area contributed by atoms with Gasteiger partial charge in [-0.3, -0.25) is 15.5 Å². The fourth-order valence-electron chi connectivity index (χ4n) is 1.79. The summed E-state index contributed by atoms with van der Waals surface area (Å²) in [7, 11) is 0. The first-order valence-electron chi connectivity index (χ1n) is 6.34. The van der Waals surface area contributed by atoms with E-state index in [1.807, 2.05) is 0 Å². The second-order valence-electron chi connectivity index (χ2n) is 4.45. The molecule has 1 N–H and O–H groups in total. The Morgan fingerprint density at radius 1 is 1.14 bits per heavy atom. The number of carbonyl (C=O) groups is 1. The number of benzene rings is 2. The van der Waals surface area contributed by atoms with Crippen molar-refractivity contribution in [3.05, 3.63) is 69.8 Å². The molecule has 0 bridgehead atoms. The van der Waals surface area contributed by atoms with Crippen molar-refractivity contribution in [3.63, 3.8) is 0 Å². The fraction of sp³-hybridized carbons (Fsp3) is 0.0667. The molecule has 0 aliphatic carbocycles. The van der Waals surface area contributed by atoms with Crippen LogP contribution < -0.4 is 10.5 Å². The predicted octanol–water partition coefficient (Wildman–Crippen LogP) is 1.79. The lowest BCUT2D eigenvalue weighted by atomic mass is 10.1. The van der Waals surface area contributed by atoms with E-state index in [0.29, 0.717) is 17.0 Å².